The van der Waals surface area contributed by atoms with Crippen molar-refractivity contribution in [3.8, 4) is 0 Å². The largest absolute Gasteiger partial charge is 0.269 e. The van der Waals surface area contributed by atoms with Gasteiger partial charge in [0.2, 0.25) is 0 Å². The third-order valence-corrected chi connectivity index (χ3v) is 2.56. The lowest BCUT2D eigenvalue weighted by atomic mass is 10.3. The Labute approximate surface area is 78.5 Å². The number of hydrogen-bond donors (Lipinski definition) is 1. The number of rotatable bonds is 3. The first kappa shape index (κ1) is 10.5. The number of hydrogen-bond acceptors (Lipinski definition) is 4. The zero-order chi connectivity index (χ0) is 10.8. The Balaban J connectivity index is 3.12. The normalized spacial score (nSPS) is 11.2. The molecule has 0 aromatic heterocycles. The van der Waals surface area contributed by atoms with Crippen LogP contribution < -0.4 is 4.94 Å². The highest BCUT2D eigenvalue weighted by Gasteiger charge is 2.14. The summed E-state index contributed by atoms with van der Waals surface area (Å²) in [5.74, 6) is 0. The molecule has 14 heavy (non-hydrogen) atoms. The van der Waals surface area contributed by atoms with Gasteiger partial charge in [0.15, 0.2) is 0 Å². The number of sulfonamides is 1. The van der Waals surface area contributed by atoms with Crippen molar-refractivity contribution in [3.63, 3.8) is 0 Å². The minimum absolute atomic E-state index is 0.261. The van der Waals surface area contributed by atoms with Crippen LogP contribution in [0.3, 0.4) is 0 Å². The molecule has 0 saturated heterocycles. The van der Waals surface area contributed by atoms with E-state index in [1.165, 1.54) is 0 Å². The van der Waals surface area contributed by atoms with Crippen LogP contribution in [0.5, 0.6) is 0 Å². The second-order valence-corrected chi connectivity index (χ2v) is 3.96. The molecule has 1 N–H and O–H groups in total. The maximum Gasteiger partial charge on any atom is 0.269 e. The van der Waals surface area contributed by atoms with Gasteiger partial charge in [0.25, 0.3) is 15.7 Å². The van der Waals surface area contributed by atoms with E-state index in [1.54, 1.807) is 0 Å². The Morgan fingerprint density at radius 3 is 2.14 bits per heavy atom. The van der Waals surface area contributed by atoms with Gasteiger partial charge < -0.3 is 0 Å². The van der Waals surface area contributed by atoms with E-state index in [0.717, 1.165) is 24.3 Å². The van der Waals surface area contributed by atoms with E-state index >= 15 is 0 Å². The Kier molecular flexibility index (Phi) is 2.77. The number of nitrogens with zero attached hydrogens (tertiary/aromatic N) is 1. The molecule has 0 radical (unpaired) electrons. The second-order valence-electron chi connectivity index (χ2n) is 2.33. The highest BCUT2D eigenvalue weighted by molar-refractivity contribution is 7.89. The minimum Gasteiger partial charge on any atom is -0.258 e. The van der Waals surface area contributed by atoms with Crippen molar-refractivity contribution in [2.45, 2.75) is 4.90 Å². The summed E-state index contributed by atoms with van der Waals surface area (Å²) in [6, 6.07) is 3.84. The molecule has 1 rings (SSSR count). The average Bonchev–Trinajstić information content (AvgIpc) is 2.18. The Bertz CT molecular complexity index is 441. The van der Waals surface area contributed by atoms with Crippen molar-refractivity contribution in [3.05, 3.63) is 34.4 Å². The summed E-state index contributed by atoms with van der Waals surface area (Å²) in [6.07, 6.45) is 0. The highest BCUT2D eigenvalue weighted by Crippen LogP contribution is 2.15. The lowest BCUT2D eigenvalue weighted by Crippen LogP contribution is -2.14. The van der Waals surface area contributed by atoms with E-state index in [0.29, 0.717) is 4.94 Å². The average molecular weight is 220 g/mol. The van der Waals surface area contributed by atoms with Gasteiger partial charge in [0.05, 0.1) is 9.82 Å². The third kappa shape index (κ3) is 2.03. The van der Waals surface area contributed by atoms with Gasteiger partial charge in [-0.25, -0.2) is 8.42 Å². The summed E-state index contributed by atoms with van der Waals surface area (Å²) in [4.78, 5) is 9.76. The molecule has 1 aromatic rings. The number of nitrogens with one attached hydrogen (secondary N) is 1. The molecule has 0 aliphatic carbocycles. The topological polar surface area (TPSA) is 89.3 Å². The molecule has 76 valence electrons. The molecule has 0 aliphatic rings. The van der Waals surface area contributed by atoms with Crippen molar-refractivity contribution in [2.24, 2.45) is 0 Å². The van der Waals surface area contributed by atoms with Crippen LogP contribution in [-0.4, -0.2) is 13.3 Å². The van der Waals surface area contributed by atoms with Crippen LogP contribution in [0.4, 0.5) is 10.2 Å². The molecule has 0 amide bonds. The predicted octanol–water partition coefficient (Wildman–Crippen LogP) is 0.758. The van der Waals surface area contributed by atoms with Crippen LogP contribution in [0.2, 0.25) is 0 Å². The highest BCUT2D eigenvalue weighted by atomic mass is 32.2. The van der Waals surface area contributed by atoms with Gasteiger partial charge in [0.1, 0.15) is 0 Å². The lowest BCUT2D eigenvalue weighted by molar-refractivity contribution is -0.384. The van der Waals surface area contributed by atoms with E-state index in [-0.39, 0.29) is 10.6 Å². The molecule has 0 spiro atoms. The van der Waals surface area contributed by atoms with E-state index in [1.807, 2.05) is 0 Å². The molecular weight excluding hydrogens is 215 g/mol. The first-order valence-electron chi connectivity index (χ1n) is 3.34. The predicted molar refractivity (Wildman–Crippen MR) is 44.5 cm³/mol. The van der Waals surface area contributed by atoms with Crippen LogP contribution in [0.15, 0.2) is 29.2 Å². The summed E-state index contributed by atoms with van der Waals surface area (Å²) in [5, 5.41) is 10.2. The van der Waals surface area contributed by atoms with Gasteiger partial charge in [-0.15, -0.1) is 4.48 Å². The van der Waals surface area contributed by atoms with Crippen molar-refractivity contribution >= 4 is 15.7 Å². The number of nitro groups is 1. The Morgan fingerprint density at radius 1 is 1.29 bits per heavy atom. The van der Waals surface area contributed by atoms with E-state index in [4.69, 9.17) is 0 Å². The van der Waals surface area contributed by atoms with Gasteiger partial charge in [-0.05, 0) is 17.1 Å². The summed E-state index contributed by atoms with van der Waals surface area (Å²) < 4.78 is 33.4. The van der Waals surface area contributed by atoms with Crippen LogP contribution in [0.25, 0.3) is 0 Å². The lowest BCUT2D eigenvalue weighted by Gasteiger charge is -1.98. The molecule has 0 heterocycles. The molecule has 1 aromatic carbocycles. The Hall–Kier alpha value is -1.54. The van der Waals surface area contributed by atoms with Gasteiger partial charge in [-0.2, -0.15) is 0 Å². The van der Waals surface area contributed by atoms with Crippen LogP contribution >= 0.6 is 0 Å². The first-order valence-corrected chi connectivity index (χ1v) is 4.82. The van der Waals surface area contributed by atoms with Gasteiger partial charge in [-0.1, -0.05) is 0 Å². The van der Waals surface area contributed by atoms with Crippen LogP contribution in [0, 0.1) is 10.1 Å². The third-order valence-electron chi connectivity index (χ3n) is 1.46. The molecule has 0 saturated carbocycles. The Morgan fingerprint density at radius 2 is 1.79 bits per heavy atom. The molecule has 6 nitrogen and oxygen atoms in total. The van der Waals surface area contributed by atoms with Crippen molar-refractivity contribution < 1.29 is 17.8 Å². The van der Waals surface area contributed by atoms with Gasteiger partial charge >= 0.3 is 0 Å². The number of non-ortho nitro benzene ring substituents is 1. The molecule has 8 heteroatoms. The van der Waals surface area contributed by atoms with E-state index < -0.39 is 14.9 Å². The zero-order valence-corrected chi connectivity index (χ0v) is 7.49. The fourth-order valence-corrected chi connectivity index (χ4v) is 1.38. The monoisotopic (exact) mass is 220 g/mol. The maximum absolute atomic E-state index is 11.7. The fraction of sp³-hybridized carbons (Fsp3) is 0. The van der Waals surface area contributed by atoms with Crippen molar-refractivity contribution in [1.29, 1.82) is 0 Å². The molecule has 0 fully saturated rings. The van der Waals surface area contributed by atoms with Crippen LogP contribution in [-0.2, 0) is 10.0 Å². The van der Waals surface area contributed by atoms with Crippen molar-refractivity contribution in [1.82, 2.24) is 4.94 Å². The minimum atomic E-state index is -4.18. The molecule has 0 atom stereocenters. The van der Waals surface area contributed by atoms with E-state index in [9.17, 15) is 23.0 Å². The number of benzene rings is 1. The zero-order valence-electron chi connectivity index (χ0n) is 6.68. The van der Waals surface area contributed by atoms with Gasteiger partial charge in [-0.3, -0.25) is 10.1 Å². The SMILES string of the molecule is O=[N+]([O-])c1ccc(S(=O)(=O)NF)cc1. The first-order chi connectivity index (χ1) is 6.47. The quantitative estimate of drug-likeness (QED) is 0.462. The maximum atomic E-state index is 11.7. The van der Waals surface area contributed by atoms with E-state index in [2.05, 4.69) is 0 Å². The smallest absolute Gasteiger partial charge is 0.258 e. The molecular formula is C6H5FN2O4S. The standard InChI is InChI=1S/C6H5FN2O4S/c7-8-14(12,13)6-3-1-5(2-4-6)9(10)11/h1-4,8H. The summed E-state index contributed by atoms with van der Waals surface area (Å²) >= 11 is 0. The number of nitro benzene ring substituents is 1. The summed E-state index contributed by atoms with van der Waals surface area (Å²) in [7, 11) is -4.18. The number of halogens is 1. The van der Waals surface area contributed by atoms with Gasteiger partial charge in [0, 0.05) is 12.1 Å². The summed E-state index contributed by atoms with van der Waals surface area (Å²) in [6.45, 7) is 0. The van der Waals surface area contributed by atoms with Crippen LogP contribution in [0.1, 0.15) is 0 Å². The summed E-state index contributed by atoms with van der Waals surface area (Å²) in [5.41, 5.74) is -0.261. The van der Waals surface area contributed by atoms with Crippen molar-refractivity contribution in [2.75, 3.05) is 0 Å². The second kappa shape index (κ2) is 3.68. The molecule has 0 bridgehead atoms. The fourth-order valence-electron chi connectivity index (χ4n) is 0.792. The molecule has 0 unspecified atom stereocenters. The molecule has 0 aliphatic heterocycles.